The summed E-state index contributed by atoms with van der Waals surface area (Å²) in [7, 11) is 0. The molecule has 0 aliphatic heterocycles. The van der Waals surface area contributed by atoms with Gasteiger partial charge in [-0.05, 0) is 30.4 Å². The minimum atomic E-state index is 0.223. The number of rotatable bonds is 1. The summed E-state index contributed by atoms with van der Waals surface area (Å²) < 4.78 is 1.74. The predicted molar refractivity (Wildman–Crippen MR) is 53.4 cm³/mol. The maximum absolute atomic E-state index is 9.51. The Morgan fingerprint density at radius 1 is 1.43 bits per heavy atom. The fraction of sp³-hybridized carbons (Fsp3) is 0.364. The van der Waals surface area contributed by atoms with E-state index >= 15 is 0 Å². The van der Waals surface area contributed by atoms with E-state index in [0.717, 1.165) is 5.65 Å². The van der Waals surface area contributed by atoms with Crippen LogP contribution in [-0.4, -0.2) is 14.5 Å². The first-order chi connectivity index (χ1) is 6.86. The summed E-state index contributed by atoms with van der Waals surface area (Å²) in [6.07, 6.45) is 7.19. The highest BCUT2D eigenvalue weighted by Crippen LogP contribution is 2.38. The number of fused-ring (bicyclic) bond motifs is 1. The number of pyridine rings is 1. The molecule has 0 unspecified atom stereocenters. The molecule has 3 nitrogen and oxygen atoms in total. The van der Waals surface area contributed by atoms with Crippen LogP contribution in [-0.2, 0) is 0 Å². The van der Waals surface area contributed by atoms with Crippen molar-refractivity contribution in [1.82, 2.24) is 9.38 Å². The van der Waals surface area contributed by atoms with Gasteiger partial charge in [-0.3, -0.25) is 4.40 Å². The van der Waals surface area contributed by atoms with Gasteiger partial charge in [0, 0.05) is 6.20 Å². The van der Waals surface area contributed by atoms with Crippen LogP contribution in [0.2, 0.25) is 0 Å². The van der Waals surface area contributed by atoms with Gasteiger partial charge in [0.05, 0.1) is 6.20 Å². The first kappa shape index (κ1) is 7.85. The lowest BCUT2D eigenvalue weighted by molar-refractivity contribution is 0.419. The molecule has 2 aromatic rings. The van der Waals surface area contributed by atoms with Crippen LogP contribution < -0.4 is 0 Å². The molecule has 3 rings (SSSR count). The molecule has 2 aromatic heterocycles. The summed E-state index contributed by atoms with van der Waals surface area (Å²) in [6, 6.07) is 4.09. The molecule has 0 aromatic carbocycles. The molecule has 0 radical (unpaired) electrons. The van der Waals surface area contributed by atoms with Crippen molar-refractivity contribution in [1.29, 1.82) is 0 Å². The molecule has 1 fully saturated rings. The van der Waals surface area contributed by atoms with E-state index in [4.69, 9.17) is 0 Å². The molecular weight excluding hydrogens is 176 g/mol. The highest BCUT2D eigenvalue weighted by Gasteiger charge is 2.22. The van der Waals surface area contributed by atoms with Gasteiger partial charge in [0.1, 0.15) is 5.65 Å². The highest BCUT2D eigenvalue weighted by atomic mass is 16.3. The van der Waals surface area contributed by atoms with Crippen molar-refractivity contribution in [2.75, 3.05) is 0 Å². The Morgan fingerprint density at radius 2 is 2.29 bits per heavy atom. The SMILES string of the molecule is Oc1cnc2c(C3CCC3)cccn12. The Kier molecular flexibility index (Phi) is 1.54. The van der Waals surface area contributed by atoms with E-state index in [9.17, 15) is 5.11 Å². The maximum atomic E-state index is 9.51. The van der Waals surface area contributed by atoms with Gasteiger partial charge in [0.15, 0.2) is 0 Å². The minimum absolute atomic E-state index is 0.223. The van der Waals surface area contributed by atoms with Gasteiger partial charge in [0.25, 0.3) is 0 Å². The van der Waals surface area contributed by atoms with Crippen molar-refractivity contribution >= 4 is 5.65 Å². The van der Waals surface area contributed by atoms with Gasteiger partial charge in [-0.15, -0.1) is 0 Å². The fourth-order valence-electron chi connectivity index (χ4n) is 2.06. The van der Waals surface area contributed by atoms with Crippen LogP contribution in [0.15, 0.2) is 24.5 Å². The van der Waals surface area contributed by atoms with Crippen LogP contribution in [0.25, 0.3) is 5.65 Å². The molecule has 2 heterocycles. The maximum Gasteiger partial charge on any atom is 0.215 e. The van der Waals surface area contributed by atoms with E-state index in [1.807, 2.05) is 12.3 Å². The average molecular weight is 188 g/mol. The van der Waals surface area contributed by atoms with Crippen molar-refractivity contribution in [3.63, 3.8) is 0 Å². The van der Waals surface area contributed by atoms with Crippen LogP contribution in [0.1, 0.15) is 30.7 Å². The zero-order valence-corrected chi connectivity index (χ0v) is 7.85. The van der Waals surface area contributed by atoms with Crippen LogP contribution in [0.5, 0.6) is 5.88 Å². The second kappa shape index (κ2) is 2.74. The lowest BCUT2D eigenvalue weighted by Gasteiger charge is -2.25. The molecule has 72 valence electrons. The van der Waals surface area contributed by atoms with E-state index in [0.29, 0.717) is 5.92 Å². The summed E-state index contributed by atoms with van der Waals surface area (Å²) in [4.78, 5) is 4.23. The molecule has 1 aliphatic carbocycles. The van der Waals surface area contributed by atoms with E-state index in [-0.39, 0.29) is 5.88 Å². The number of aromatic hydroxyl groups is 1. The Balaban J connectivity index is 2.22. The largest absolute Gasteiger partial charge is 0.493 e. The highest BCUT2D eigenvalue weighted by molar-refractivity contribution is 5.52. The zero-order chi connectivity index (χ0) is 9.54. The Labute approximate surface area is 82.0 Å². The first-order valence-electron chi connectivity index (χ1n) is 5.01. The number of hydrogen-bond donors (Lipinski definition) is 1. The molecule has 0 saturated heterocycles. The summed E-state index contributed by atoms with van der Waals surface area (Å²) in [5.41, 5.74) is 2.19. The quantitative estimate of drug-likeness (QED) is 0.745. The van der Waals surface area contributed by atoms with Gasteiger partial charge in [-0.25, -0.2) is 4.98 Å². The third-order valence-electron chi connectivity index (χ3n) is 3.09. The van der Waals surface area contributed by atoms with Gasteiger partial charge < -0.3 is 5.11 Å². The summed E-state index contributed by atoms with van der Waals surface area (Å²) >= 11 is 0. The molecular formula is C11H12N2O. The van der Waals surface area contributed by atoms with Crippen molar-refractivity contribution in [3.05, 3.63) is 30.1 Å². The number of nitrogens with zero attached hydrogens (tertiary/aromatic N) is 2. The molecule has 0 amide bonds. The van der Waals surface area contributed by atoms with Gasteiger partial charge in [-0.1, -0.05) is 12.5 Å². The summed E-state index contributed by atoms with van der Waals surface area (Å²) in [6.45, 7) is 0. The zero-order valence-electron chi connectivity index (χ0n) is 7.85. The Hall–Kier alpha value is -1.51. The van der Waals surface area contributed by atoms with Crippen LogP contribution in [0.4, 0.5) is 0 Å². The van der Waals surface area contributed by atoms with Crippen molar-refractivity contribution in [2.45, 2.75) is 25.2 Å². The van der Waals surface area contributed by atoms with Crippen molar-refractivity contribution in [3.8, 4) is 5.88 Å². The standard InChI is InChI=1S/C11H12N2O/c14-10-7-12-11-9(8-3-1-4-8)5-2-6-13(10)11/h2,5-8,14H,1,3-4H2. The first-order valence-corrected chi connectivity index (χ1v) is 5.01. The smallest absolute Gasteiger partial charge is 0.215 e. The molecule has 0 spiro atoms. The predicted octanol–water partition coefficient (Wildman–Crippen LogP) is 2.31. The third kappa shape index (κ3) is 0.953. The third-order valence-corrected chi connectivity index (χ3v) is 3.09. The number of aromatic nitrogens is 2. The van der Waals surface area contributed by atoms with Gasteiger partial charge in [0.2, 0.25) is 5.88 Å². The van der Waals surface area contributed by atoms with Crippen molar-refractivity contribution < 1.29 is 5.11 Å². The van der Waals surface area contributed by atoms with Gasteiger partial charge in [-0.2, -0.15) is 0 Å². The average Bonchev–Trinajstić information content (AvgIpc) is 2.47. The molecule has 1 aliphatic rings. The Bertz CT molecular complexity index is 471. The second-order valence-corrected chi connectivity index (χ2v) is 3.90. The molecule has 14 heavy (non-hydrogen) atoms. The number of hydrogen-bond acceptors (Lipinski definition) is 2. The van der Waals surface area contributed by atoms with E-state index in [2.05, 4.69) is 11.1 Å². The monoisotopic (exact) mass is 188 g/mol. The number of imidazole rings is 1. The van der Waals surface area contributed by atoms with Crippen molar-refractivity contribution in [2.24, 2.45) is 0 Å². The lowest BCUT2D eigenvalue weighted by Crippen LogP contribution is -2.10. The van der Waals surface area contributed by atoms with E-state index in [1.165, 1.54) is 31.0 Å². The van der Waals surface area contributed by atoms with Gasteiger partial charge >= 0.3 is 0 Å². The second-order valence-electron chi connectivity index (χ2n) is 3.90. The molecule has 1 saturated carbocycles. The fourth-order valence-corrected chi connectivity index (χ4v) is 2.06. The molecule has 0 atom stereocenters. The normalized spacial score (nSPS) is 17.1. The van der Waals surface area contributed by atoms with Crippen LogP contribution >= 0.6 is 0 Å². The molecule has 0 bridgehead atoms. The summed E-state index contributed by atoms with van der Waals surface area (Å²) in [5.74, 6) is 0.877. The van der Waals surface area contributed by atoms with Crippen LogP contribution in [0, 0.1) is 0 Å². The molecule has 1 N–H and O–H groups in total. The Morgan fingerprint density at radius 3 is 3.00 bits per heavy atom. The molecule has 3 heteroatoms. The lowest BCUT2D eigenvalue weighted by atomic mass is 9.80. The topological polar surface area (TPSA) is 37.5 Å². The van der Waals surface area contributed by atoms with Crippen LogP contribution in [0.3, 0.4) is 0 Å². The summed E-state index contributed by atoms with van der Waals surface area (Å²) in [5, 5.41) is 9.51. The minimum Gasteiger partial charge on any atom is -0.493 e. The van der Waals surface area contributed by atoms with E-state index in [1.54, 1.807) is 4.40 Å². The van der Waals surface area contributed by atoms with E-state index < -0.39 is 0 Å².